The largest absolute Gasteiger partial charge is 0.490 e. The highest BCUT2D eigenvalue weighted by molar-refractivity contribution is 7.99. The maximum Gasteiger partial charge on any atom is 0.264 e. The smallest absolute Gasteiger partial charge is 0.264 e. The van der Waals surface area contributed by atoms with Crippen LogP contribution in [-0.2, 0) is 93.4 Å². The Hall–Kier alpha value is -8.20. The normalized spacial score (nSPS) is 34.1. The van der Waals surface area contributed by atoms with E-state index in [-0.39, 0.29) is 88.4 Å². The number of nitrogens with zero attached hydrogens (tertiary/aromatic N) is 4. The number of aliphatic hydroxyl groups is 1. The number of allylic oxidation sites excluding steroid dienone is 3. The van der Waals surface area contributed by atoms with Gasteiger partial charge in [0.2, 0.25) is 15.9 Å². The van der Waals surface area contributed by atoms with Gasteiger partial charge in [-0.25, -0.2) is 21.6 Å². The first-order valence-electron chi connectivity index (χ1n) is 52.7. The molecule has 0 aromatic heterocycles. The van der Waals surface area contributed by atoms with Crippen LogP contribution in [0.15, 0.2) is 146 Å². The highest BCUT2D eigenvalue weighted by Crippen LogP contribution is 2.55. The third-order valence-corrected chi connectivity index (χ3v) is 42.2. The number of halogens is 3. The Labute approximate surface area is 875 Å². The molecule has 19 rings (SSSR count). The molecule has 3 saturated carbocycles. The molecule has 6 aromatic rings. The van der Waals surface area contributed by atoms with Gasteiger partial charge in [-0.2, -0.15) is 0 Å². The molecule has 2 unspecified atom stereocenters. The monoisotopic (exact) mass is 2100 g/mol. The van der Waals surface area contributed by atoms with E-state index in [0.29, 0.717) is 118 Å². The molecular formula is C114H151Cl3N8O17S3. The average Bonchev–Trinajstić information content (AvgIpc) is 1.65. The number of amides is 4. The Morgan fingerprint density at radius 3 is 1.27 bits per heavy atom. The van der Waals surface area contributed by atoms with Gasteiger partial charge >= 0.3 is 0 Å². The molecule has 3 spiro atoms. The quantitative estimate of drug-likeness (QED) is 0.0408. The predicted molar refractivity (Wildman–Crippen MR) is 581 cm³/mol. The highest BCUT2D eigenvalue weighted by Gasteiger charge is 2.54. The first kappa shape index (κ1) is 108. The van der Waals surface area contributed by atoms with Crippen molar-refractivity contribution >= 4 is 117 Å². The number of methoxy groups -OCH3 is 2. The third kappa shape index (κ3) is 23.5. The fourth-order valence-corrected chi connectivity index (χ4v) is 30.2. The molecule has 145 heavy (non-hydrogen) atoms. The predicted octanol–water partition coefficient (Wildman–Crippen LogP) is 17.7. The summed E-state index contributed by atoms with van der Waals surface area (Å²) in [4.78, 5) is 63.8. The second kappa shape index (κ2) is 45.1. The minimum atomic E-state index is -3.93. The zero-order valence-corrected chi connectivity index (χ0v) is 90.9. The molecule has 4 fully saturated rings. The molecule has 7 aliphatic heterocycles. The molecule has 5 N–H and O–H groups in total. The summed E-state index contributed by atoms with van der Waals surface area (Å²) < 4.78 is 113. The van der Waals surface area contributed by atoms with Crippen LogP contribution in [0.3, 0.4) is 0 Å². The van der Waals surface area contributed by atoms with Gasteiger partial charge in [0.1, 0.15) is 17.2 Å². The number of aryl methyl sites for hydroxylation is 3. The fourth-order valence-electron chi connectivity index (χ4n) is 25.4. The first-order valence-corrected chi connectivity index (χ1v) is 58.9. The van der Waals surface area contributed by atoms with Crippen LogP contribution in [0.5, 0.6) is 17.2 Å². The van der Waals surface area contributed by atoms with E-state index in [4.69, 9.17) is 72.7 Å². The zero-order valence-electron chi connectivity index (χ0n) is 86.2. The van der Waals surface area contributed by atoms with E-state index in [2.05, 4.69) is 132 Å². The molecule has 31 heteroatoms. The van der Waals surface area contributed by atoms with Gasteiger partial charge in [-0.15, -0.1) is 0 Å². The number of benzene rings is 6. The van der Waals surface area contributed by atoms with E-state index in [1.165, 1.54) is 33.4 Å². The number of hydrogen-bond donors (Lipinski definition) is 5. The SMILES string of the molecule is C=S1(=O)NC(=O)c2ccc3c(c2)N(C[C@@H]2CC[C@H]2[C@@](CC(=O)NCCO)(OC)/C=C/C[C@H](C)[C@H]1C)C[C@@]1(CCCc2cc(Cl)ccc21)CO3.C=S1(=O)NC(=O)c2ccc3c(c2)N(C[C@@H]2CC[C@H]2[C@](C)(OCCN2CCOCC2)/C=C/C[C@H](C)[C@H]1C)C[C@@]1(CCCc2cc(Cl)ccc21)CO3.COCCO[C@@]1(C)/C=C/C[C@H](C)[C@@H](C)S(=O)(=O)NC(=O)c2ccc3c(c2)N(C[C@@H]2CC[C@H]21)C[C@@]1(CCCc2cc(Cl)ccc21)CO3. The van der Waals surface area contributed by atoms with Crippen molar-refractivity contribution in [1.29, 1.82) is 0 Å². The maximum absolute atomic E-state index is 13.9. The van der Waals surface area contributed by atoms with Crippen molar-refractivity contribution in [3.8, 4) is 17.2 Å². The van der Waals surface area contributed by atoms with E-state index < -0.39 is 68.6 Å². The Morgan fingerprint density at radius 2 is 0.883 bits per heavy atom. The minimum Gasteiger partial charge on any atom is -0.490 e. The van der Waals surface area contributed by atoms with Crippen LogP contribution in [0.1, 0.15) is 223 Å². The van der Waals surface area contributed by atoms with Gasteiger partial charge in [0, 0.05) is 138 Å². The molecule has 4 amide bonds. The van der Waals surface area contributed by atoms with Crippen LogP contribution in [0.25, 0.3) is 0 Å². The van der Waals surface area contributed by atoms with Crippen LogP contribution in [0.4, 0.5) is 17.1 Å². The second-order valence-corrected chi connectivity index (χ2v) is 52.5. The lowest BCUT2D eigenvalue weighted by atomic mass is 9.62. The number of carbonyl (C=O) groups is 4. The number of ether oxygens (including phenoxy) is 8. The van der Waals surface area contributed by atoms with Gasteiger partial charge in [0.25, 0.3) is 17.7 Å². The summed E-state index contributed by atoms with van der Waals surface area (Å²) >= 11 is 19.4. The number of rotatable bonds is 13. The lowest BCUT2D eigenvalue weighted by Gasteiger charge is -2.50. The number of nitrogens with one attached hydrogen (secondary N) is 4. The number of fused-ring (bicyclic) bond motifs is 12. The number of morpholine rings is 1. The highest BCUT2D eigenvalue weighted by atomic mass is 35.5. The molecular weight excluding hydrogens is 1960 g/mol. The van der Waals surface area contributed by atoms with E-state index in [0.717, 1.165) is 193 Å². The van der Waals surface area contributed by atoms with Gasteiger partial charge < -0.3 is 63.0 Å². The van der Waals surface area contributed by atoms with Gasteiger partial charge in [0.05, 0.1) is 124 Å². The van der Waals surface area contributed by atoms with E-state index in [1.807, 2.05) is 94.4 Å². The second-order valence-electron chi connectivity index (χ2n) is 44.4. The van der Waals surface area contributed by atoms with Crippen molar-refractivity contribution in [2.24, 2.45) is 53.3 Å². The minimum absolute atomic E-state index is 0.0406. The fraction of sp³-hybridized carbons (Fsp3) is 0.579. The van der Waals surface area contributed by atoms with Gasteiger partial charge in [-0.3, -0.25) is 33.5 Å². The van der Waals surface area contributed by atoms with Gasteiger partial charge in [-0.1, -0.05) is 110 Å². The summed E-state index contributed by atoms with van der Waals surface area (Å²) in [6.45, 7) is 27.8. The van der Waals surface area contributed by atoms with Crippen molar-refractivity contribution < 1.29 is 79.0 Å². The van der Waals surface area contributed by atoms with E-state index in [9.17, 15) is 41.1 Å². The Morgan fingerprint density at radius 1 is 0.497 bits per heavy atom. The van der Waals surface area contributed by atoms with Gasteiger partial charge in [-0.05, 0) is 340 Å². The first-order chi connectivity index (χ1) is 69.3. The summed E-state index contributed by atoms with van der Waals surface area (Å²) in [5.41, 5.74) is 8.74. The van der Waals surface area contributed by atoms with Gasteiger partial charge in [0.15, 0.2) is 0 Å². The van der Waals surface area contributed by atoms with Crippen molar-refractivity contribution in [1.82, 2.24) is 24.4 Å². The summed E-state index contributed by atoms with van der Waals surface area (Å²) in [6.07, 6.45) is 29.9. The Bertz CT molecular complexity index is 6180. The van der Waals surface area contributed by atoms with Crippen molar-refractivity contribution in [3.05, 3.63) is 211 Å². The lowest BCUT2D eigenvalue weighted by molar-refractivity contribution is -0.133. The summed E-state index contributed by atoms with van der Waals surface area (Å²) in [6, 6.07) is 35.2. The van der Waals surface area contributed by atoms with Crippen LogP contribution in [0.2, 0.25) is 15.1 Å². The van der Waals surface area contributed by atoms with Crippen LogP contribution >= 0.6 is 34.8 Å². The molecule has 1 saturated heterocycles. The molecule has 25 nitrogen and oxygen atoms in total. The lowest BCUT2D eigenvalue weighted by Crippen LogP contribution is -2.54. The summed E-state index contributed by atoms with van der Waals surface area (Å²) in [7, 11) is -6.54. The van der Waals surface area contributed by atoms with Crippen molar-refractivity contribution in [3.63, 3.8) is 0 Å². The molecule has 6 aromatic carbocycles. The Balaban J connectivity index is 0.000000149. The maximum atomic E-state index is 13.9. The topological polar surface area (TPSA) is 292 Å². The molecule has 788 valence electrons. The molecule has 6 aliphatic carbocycles. The molecule has 6 bridgehead atoms. The molecule has 13 aliphatic rings. The number of hydrogen-bond acceptors (Lipinski definition) is 21. The summed E-state index contributed by atoms with van der Waals surface area (Å²) in [5.74, 6) is 9.92. The van der Waals surface area contributed by atoms with Crippen molar-refractivity contribution in [2.75, 3.05) is 154 Å². The van der Waals surface area contributed by atoms with E-state index in [1.54, 1.807) is 39.3 Å². The van der Waals surface area contributed by atoms with Crippen molar-refractivity contribution in [2.45, 2.75) is 226 Å². The average molecular weight is 2110 g/mol. The Kier molecular flexibility index (Phi) is 33.6. The molecule has 20 atom stereocenters. The molecule has 0 radical (unpaired) electrons. The number of anilines is 3. The van der Waals surface area contributed by atoms with Crippen LogP contribution in [0, 0.1) is 53.3 Å². The van der Waals surface area contributed by atoms with Crippen LogP contribution in [-0.4, -0.2) is 234 Å². The van der Waals surface area contributed by atoms with E-state index >= 15 is 0 Å². The number of aliphatic hydroxyl groups excluding tert-OH is 1. The summed E-state index contributed by atoms with van der Waals surface area (Å²) in [5, 5.41) is 12.9. The number of carbonyl (C=O) groups excluding carboxylic acids is 4. The number of sulfonamides is 1. The molecule has 7 heterocycles. The zero-order chi connectivity index (χ0) is 103. The van der Waals surface area contributed by atoms with Crippen LogP contribution < -0.4 is 48.4 Å². The third-order valence-electron chi connectivity index (χ3n) is 35.2. The standard InChI is InChI=1S/C40H54ClN3O5S.C38H50ClN3O6S.C36H47ClN2O6S/c1-28-7-5-15-39(3,49-22-19-43-17-20-47-21-18-43)34-12-9-32(34)25-44-26-40(16-6-8-30-23-33(41)11-13-35(30)40)27-48-37-14-10-31(24-36(37)44)38(45)42-50(4,46)29(28)2;1-25-7-5-16-38(47-3,21-35(44)40-17-18-43)32-12-9-29(32)22-42-23-37(15-6-8-27-19-30(39)11-13-31(27)37)24-48-34-14-10-28(20-33(34)42)36(45)41-49(4,46)26(25)2;1-24-7-5-15-35(3,45-18-17-43-4)30-12-9-28(30)21-39-22-36(16-6-8-26-19-29(37)11-13-31(26)36)23-44-33-14-10-27(20-32(33)39)34(40)38-46(41,42)25(24)2/h5,10-11,13-15,23-24,28-29,32,34H,4,6-9,12,16-22,25-27H2,1-3H3,(H,42,45,46);5,10-11,13-14,16,19-20,25-26,29,32,43H,4,6-9,12,15,17-18,21-24H2,1-3H3,(H,40,44)(H,41,45,46);5,10-11,13-15,19-20,24-25,28,30H,6-9,12,16-18,21-23H2,1-4H3,(H,38,40)/b15-5+;16-5+;15-5+/t28-,29+,32-,34+,39+,40-,50?;25-,26+,29-,32+,37-,38+,49?;24-,25+,28-,30+,35-,36-/m000/s1.